The van der Waals surface area contributed by atoms with Crippen LogP contribution in [0.3, 0.4) is 0 Å². The van der Waals surface area contributed by atoms with E-state index >= 15 is 0 Å². The number of ether oxygens (including phenoxy) is 2. The van der Waals surface area contributed by atoms with Crippen LogP contribution >= 0.6 is 0 Å². The van der Waals surface area contributed by atoms with Crippen LogP contribution in [0.15, 0.2) is 0 Å². The van der Waals surface area contributed by atoms with E-state index in [1.54, 1.807) is 0 Å². The van der Waals surface area contributed by atoms with Gasteiger partial charge in [0.15, 0.2) is 0 Å². The highest BCUT2D eigenvalue weighted by atomic mass is 16.5. The van der Waals surface area contributed by atoms with E-state index in [1.807, 2.05) is 4.90 Å². The number of hydrogen-bond acceptors (Lipinski definition) is 3. The molecule has 0 radical (unpaired) electrons. The summed E-state index contributed by atoms with van der Waals surface area (Å²) in [4.78, 5) is 13.9. The first kappa shape index (κ1) is 15.3. The number of amides is 1. The fraction of sp³-hybridized carbons (Fsp3) is 0.941. The van der Waals surface area contributed by atoms with Gasteiger partial charge >= 0.3 is 0 Å². The largest absolute Gasteiger partial charge is 0.378 e. The van der Waals surface area contributed by atoms with Crippen LogP contribution in [0.2, 0.25) is 0 Å². The van der Waals surface area contributed by atoms with Gasteiger partial charge in [-0.15, -0.1) is 0 Å². The van der Waals surface area contributed by atoms with Crippen molar-refractivity contribution in [1.29, 1.82) is 0 Å². The summed E-state index contributed by atoms with van der Waals surface area (Å²) in [6.45, 7) is 5.85. The fourth-order valence-electron chi connectivity index (χ4n) is 3.85. The minimum Gasteiger partial charge on any atom is -0.378 e. The third kappa shape index (κ3) is 3.59. The zero-order valence-corrected chi connectivity index (χ0v) is 13.3. The number of rotatable bonds is 8. The van der Waals surface area contributed by atoms with Gasteiger partial charge in [0, 0.05) is 31.7 Å². The lowest BCUT2D eigenvalue weighted by molar-refractivity contribution is -0.159. The van der Waals surface area contributed by atoms with Gasteiger partial charge in [-0.05, 0) is 44.4 Å². The maximum atomic E-state index is 12.0. The molecule has 0 bridgehead atoms. The number of nitrogens with zero attached hydrogens (tertiary/aromatic N) is 1. The molecule has 1 aliphatic heterocycles. The lowest BCUT2D eigenvalue weighted by atomic mass is 9.57. The minimum absolute atomic E-state index is 0.167. The van der Waals surface area contributed by atoms with E-state index in [2.05, 4.69) is 6.92 Å². The Labute approximate surface area is 128 Å². The summed E-state index contributed by atoms with van der Waals surface area (Å²) in [5, 5.41) is 0. The first-order valence-corrected chi connectivity index (χ1v) is 8.68. The number of hydrogen-bond donors (Lipinski definition) is 0. The summed E-state index contributed by atoms with van der Waals surface area (Å²) < 4.78 is 11.1. The molecule has 4 nitrogen and oxygen atoms in total. The quantitative estimate of drug-likeness (QED) is 0.646. The highest BCUT2D eigenvalue weighted by Gasteiger charge is 2.52. The van der Waals surface area contributed by atoms with Gasteiger partial charge in [0.05, 0.1) is 6.10 Å². The molecule has 3 rings (SSSR count). The molecule has 1 heterocycles. The minimum atomic E-state index is 0.167. The van der Waals surface area contributed by atoms with E-state index in [1.165, 1.54) is 38.5 Å². The summed E-state index contributed by atoms with van der Waals surface area (Å²) in [5.41, 5.74) is 0.493. The van der Waals surface area contributed by atoms with Gasteiger partial charge in [0.1, 0.15) is 6.61 Å². The van der Waals surface area contributed by atoms with Crippen LogP contribution in [0.4, 0.5) is 0 Å². The molecule has 120 valence electrons. The molecule has 3 aliphatic rings. The average molecular weight is 295 g/mol. The zero-order chi connectivity index (χ0) is 14.7. The number of carbonyl (C=O) groups is 1. The van der Waals surface area contributed by atoms with Gasteiger partial charge in [-0.2, -0.15) is 0 Å². The molecule has 0 unspecified atom stereocenters. The monoisotopic (exact) mass is 295 g/mol. The molecule has 3 fully saturated rings. The summed E-state index contributed by atoms with van der Waals surface area (Å²) in [6, 6.07) is 0. The second-order valence-corrected chi connectivity index (χ2v) is 7.26. The van der Waals surface area contributed by atoms with Crippen molar-refractivity contribution in [2.75, 3.05) is 32.9 Å². The maximum Gasteiger partial charge on any atom is 0.248 e. The van der Waals surface area contributed by atoms with E-state index < -0.39 is 0 Å². The molecule has 21 heavy (non-hydrogen) atoms. The van der Waals surface area contributed by atoms with Crippen molar-refractivity contribution in [2.45, 2.75) is 58.0 Å². The molecule has 0 aromatic heterocycles. The summed E-state index contributed by atoms with van der Waals surface area (Å²) in [5.74, 6) is 1.08. The third-order valence-electron chi connectivity index (χ3n) is 5.49. The van der Waals surface area contributed by atoms with Gasteiger partial charge in [-0.1, -0.05) is 13.3 Å². The number of likely N-dealkylation sites (tertiary alicyclic amines) is 1. The SMILES string of the molecule is CCC1CC2(C1)CN(C(=O)COCCCOC1CCC1)C2. The molecule has 0 aromatic rings. The van der Waals surface area contributed by atoms with Crippen molar-refractivity contribution in [3.8, 4) is 0 Å². The Morgan fingerprint density at radius 2 is 2.00 bits per heavy atom. The normalized spacial score (nSPS) is 24.5. The van der Waals surface area contributed by atoms with E-state index in [0.29, 0.717) is 18.1 Å². The summed E-state index contributed by atoms with van der Waals surface area (Å²) in [7, 11) is 0. The first-order valence-electron chi connectivity index (χ1n) is 8.68. The Morgan fingerprint density at radius 3 is 2.62 bits per heavy atom. The Hall–Kier alpha value is -0.610. The van der Waals surface area contributed by atoms with Crippen molar-refractivity contribution in [3.05, 3.63) is 0 Å². The van der Waals surface area contributed by atoms with Crippen molar-refractivity contribution >= 4 is 5.91 Å². The second kappa shape index (κ2) is 6.66. The molecule has 1 amide bonds. The molecule has 0 atom stereocenters. The van der Waals surface area contributed by atoms with Crippen LogP contribution < -0.4 is 0 Å². The van der Waals surface area contributed by atoms with Crippen molar-refractivity contribution in [3.63, 3.8) is 0 Å². The molecule has 0 N–H and O–H groups in total. The molecule has 2 aliphatic carbocycles. The average Bonchev–Trinajstić information content (AvgIpc) is 2.32. The van der Waals surface area contributed by atoms with Crippen molar-refractivity contribution in [1.82, 2.24) is 4.90 Å². The predicted molar refractivity (Wildman–Crippen MR) is 81.1 cm³/mol. The van der Waals surface area contributed by atoms with Crippen LogP contribution in [0.5, 0.6) is 0 Å². The lowest BCUT2D eigenvalue weighted by Crippen LogP contribution is -2.64. The molecule has 1 spiro atoms. The molecule has 1 saturated heterocycles. The molecular formula is C17H29NO3. The smallest absolute Gasteiger partial charge is 0.248 e. The maximum absolute atomic E-state index is 12.0. The van der Waals surface area contributed by atoms with E-state index in [4.69, 9.17) is 9.47 Å². The number of carbonyl (C=O) groups excluding carboxylic acids is 1. The highest BCUT2D eigenvalue weighted by Crippen LogP contribution is 2.52. The zero-order valence-electron chi connectivity index (χ0n) is 13.3. The van der Waals surface area contributed by atoms with Crippen LogP contribution in [0.25, 0.3) is 0 Å². The van der Waals surface area contributed by atoms with Gasteiger partial charge < -0.3 is 14.4 Å². The van der Waals surface area contributed by atoms with Crippen LogP contribution in [0, 0.1) is 11.3 Å². The second-order valence-electron chi connectivity index (χ2n) is 7.26. The van der Waals surface area contributed by atoms with E-state index in [-0.39, 0.29) is 12.5 Å². The van der Waals surface area contributed by atoms with Crippen molar-refractivity contribution < 1.29 is 14.3 Å². The van der Waals surface area contributed by atoms with Crippen LogP contribution in [-0.2, 0) is 14.3 Å². The Kier molecular flexibility index (Phi) is 4.85. The highest BCUT2D eigenvalue weighted by molar-refractivity contribution is 5.78. The van der Waals surface area contributed by atoms with E-state index in [0.717, 1.165) is 32.0 Å². The Balaban J connectivity index is 1.18. The van der Waals surface area contributed by atoms with Crippen LogP contribution in [-0.4, -0.2) is 49.8 Å². The van der Waals surface area contributed by atoms with E-state index in [9.17, 15) is 4.79 Å². The van der Waals surface area contributed by atoms with Crippen LogP contribution in [0.1, 0.15) is 51.9 Å². The van der Waals surface area contributed by atoms with Gasteiger partial charge in [0.2, 0.25) is 5.91 Å². The summed E-state index contributed by atoms with van der Waals surface area (Å²) in [6.07, 6.45) is 9.08. The molecular weight excluding hydrogens is 266 g/mol. The first-order chi connectivity index (χ1) is 10.2. The lowest BCUT2D eigenvalue weighted by Gasteiger charge is -2.59. The molecule has 0 aromatic carbocycles. The fourth-order valence-corrected chi connectivity index (χ4v) is 3.85. The van der Waals surface area contributed by atoms with Crippen molar-refractivity contribution in [2.24, 2.45) is 11.3 Å². The van der Waals surface area contributed by atoms with Gasteiger partial charge in [0.25, 0.3) is 0 Å². The third-order valence-corrected chi connectivity index (χ3v) is 5.49. The topological polar surface area (TPSA) is 38.8 Å². The standard InChI is InChI=1S/C17H29NO3/c1-2-14-9-17(10-14)12-18(13-17)16(19)11-20-7-4-8-21-15-5-3-6-15/h14-15H,2-13H2,1H3. The Bertz CT molecular complexity index is 353. The van der Waals surface area contributed by atoms with Gasteiger partial charge in [-0.3, -0.25) is 4.79 Å². The molecule has 2 saturated carbocycles. The molecule has 4 heteroatoms. The summed E-state index contributed by atoms with van der Waals surface area (Å²) >= 11 is 0. The van der Waals surface area contributed by atoms with Gasteiger partial charge in [-0.25, -0.2) is 0 Å². The Morgan fingerprint density at radius 1 is 1.24 bits per heavy atom. The predicted octanol–water partition coefficient (Wildman–Crippen LogP) is 2.61.